The van der Waals surface area contributed by atoms with Crippen LogP contribution >= 0.6 is 11.6 Å². The third kappa shape index (κ3) is 2.36. The summed E-state index contributed by atoms with van der Waals surface area (Å²) < 4.78 is 0. The molecule has 1 aliphatic rings. The van der Waals surface area contributed by atoms with E-state index in [1.54, 1.807) is 6.20 Å². The van der Waals surface area contributed by atoms with Crippen molar-refractivity contribution in [3.63, 3.8) is 0 Å². The van der Waals surface area contributed by atoms with Crippen LogP contribution in [0.4, 0.5) is 10.5 Å². The molecule has 2 heterocycles. The largest absolute Gasteiger partial charge is 0.465 e. The summed E-state index contributed by atoms with van der Waals surface area (Å²) in [5.74, 6) is 0. The van der Waals surface area contributed by atoms with Crippen LogP contribution in [0.15, 0.2) is 30.5 Å². The van der Waals surface area contributed by atoms with Gasteiger partial charge in [-0.05, 0) is 18.6 Å². The van der Waals surface area contributed by atoms with Gasteiger partial charge in [-0.2, -0.15) is 0 Å². The quantitative estimate of drug-likeness (QED) is 0.892. The summed E-state index contributed by atoms with van der Waals surface area (Å²) >= 11 is 6.13. The molecule has 2 N–H and O–H groups in total. The van der Waals surface area contributed by atoms with Crippen LogP contribution in [-0.4, -0.2) is 40.2 Å². The predicted molar refractivity (Wildman–Crippen MR) is 78.4 cm³/mol. The number of hydrogen-bond acceptors (Lipinski definition) is 3. The van der Waals surface area contributed by atoms with E-state index >= 15 is 0 Å². The lowest BCUT2D eigenvalue weighted by atomic mass is 10.1. The zero-order valence-electron chi connectivity index (χ0n) is 10.7. The average Bonchev–Trinajstić information content (AvgIpc) is 2.89. The molecule has 3 rings (SSSR count). The van der Waals surface area contributed by atoms with Crippen molar-refractivity contribution in [2.45, 2.75) is 12.5 Å². The fraction of sp³-hybridized carbons (Fsp3) is 0.286. The molecule has 0 radical (unpaired) electrons. The number of para-hydroxylation sites is 1. The highest BCUT2D eigenvalue weighted by Crippen LogP contribution is 2.28. The zero-order valence-corrected chi connectivity index (χ0v) is 11.5. The number of aromatic nitrogens is 1. The number of anilines is 1. The van der Waals surface area contributed by atoms with E-state index in [1.165, 1.54) is 4.90 Å². The van der Waals surface area contributed by atoms with Crippen LogP contribution < -0.4 is 5.32 Å². The highest BCUT2D eigenvalue weighted by molar-refractivity contribution is 6.35. The Morgan fingerprint density at radius 3 is 3.05 bits per heavy atom. The lowest BCUT2D eigenvalue weighted by Gasteiger charge is -2.16. The Kier molecular flexibility index (Phi) is 3.36. The number of nitrogens with one attached hydrogen (secondary N) is 1. The Morgan fingerprint density at radius 1 is 1.45 bits per heavy atom. The van der Waals surface area contributed by atoms with Crippen LogP contribution in [0, 0.1) is 0 Å². The first kappa shape index (κ1) is 13.0. The summed E-state index contributed by atoms with van der Waals surface area (Å²) in [6, 6.07) is 7.66. The molecule has 6 heteroatoms. The van der Waals surface area contributed by atoms with E-state index in [-0.39, 0.29) is 6.04 Å². The number of rotatable bonds is 2. The van der Waals surface area contributed by atoms with Crippen molar-refractivity contribution in [3.05, 3.63) is 35.5 Å². The minimum Gasteiger partial charge on any atom is -0.465 e. The van der Waals surface area contributed by atoms with Gasteiger partial charge < -0.3 is 15.3 Å². The zero-order chi connectivity index (χ0) is 14.1. The van der Waals surface area contributed by atoms with Gasteiger partial charge in [-0.25, -0.2) is 4.79 Å². The molecular weight excluding hydrogens is 278 g/mol. The molecule has 20 heavy (non-hydrogen) atoms. The number of benzene rings is 1. The van der Waals surface area contributed by atoms with E-state index in [1.807, 2.05) is 24.3 Å². The molecule has 1 aromatic carbocycles. The van der Waals surface area contributed by atoms with Crippen molar-refractivity contribution in [2.75, 3.05) is 18.4 Å². The Bertz CT molecular complexity index is 662. The number of amides is 1. The van der Waals surface area contributed by atoms with Crippen molar-refractivity contribution in [2.24, 2.45) is 0 Å². The van der Waals surface area contributed by atoms with Gasteiger partial charge in [0.1, 0.15) is 0 Å². The van der Waals surface area contributed by atoms with E-state index in [0.717, 1.165) is 23.0 Å². The third-order valence-electron chi connectivity index (χ3n) is 3.54. The summed E-state index contributed by atoms with van der Waals surface area (Å²) in [5, 5.41) is 13.9. The van der Waals surface area contributed by atoms with Gasteiger partial charge >= 0.3 is 6.09 Å². The summed E-state index contributed by atoms with van der Waals surface area (Å²) in [4.78, 5) is 16.6. The van der Waals surface area contributed by atoms with E-state index in [2.05, 4.69) is 10.3 Å². The van der Waals surface area contributed by atoms with E-state index < -0.39 is 6.09 Å². The Morgan fingerprint density at radius 2 is 2.30 bits per heavy atom. The number of carbonyl (C=O) groups is 1. The van der Waals surface area contributed by atoms with Gasteiger partial charge in [0.05, 0.1) is 10.5 Å². The minimum atomic E-state index is -0.864. The van der Waals surface area contributed by atoms with Crippen molar-refractivity contribution in [1.82, 2.24) is 9.88 Å². The van der Waals surface area contributed by atoms with Gasteiger partial charge in [0.15, 0.2) is 0 Å². The summed E-state index contributed by atoms with van der Waals surface area (Å²) in [6.07, 6.45) is 1.65. The standard InChI is InChI=1S/C14H14ClN3O2/c15-11-3-1-2-10-12(4-6-16-13(10)11)17-9-5-7-18(8-9)14(19)20/h1-4,6,9H,5,7-8H2,(H,16,17)(H,19,20). The fourth-order valence-electron chi connectivity index (χ4n) is 2.54. The number of pyridine rings is 1. The maximum absolute atomic E-state index is 10.9. The summed E-state index contributed by atoms with van der Waals surface area (Å²) in [7, 11) is 0. The molecule has 1 unspecified atom stereocenters. The number of carboxylic acid groups (broad SMARTS) is 1. The Labute approximate surface area is 121 Å². The second-order valence-corrected chi connectivity index (χ2v) is 5.26. The molecule has 1 fully saturated rings. The summed E-state index contributed by atoms with van der Waals surface area (Å²) in [5.41, 5.74) is 1.70. The van der Waals surface area contributed by atoms with Crippen molar-refractivity contribution < 1.29 is 9.90 Å². The first-order chi connectivity index (χ1) is 9.65. The molecule has 2 aromatic rings. The van der Waals surface area contributed by atoms with Crippen molar-refractivity contribution in [3.8, 4) is 0 Å². The molecule has 1 aliphatic heterocycles. The van der Waals surface area contributed by atoms with Gasteiger partial charge in [0.25, 0.3) is 0 Å². The minimum absolute atomic E-state index is 0.121. The smallest absolute Gasteiger partial charge is 0.407 e. The maximum atomic E-state index is 10.9. The molecule has 1 amide bonds. The van der Waals surface area contributed by atoms with Crippen LogP contribution in [-0.2, 0) is 0 Å². The molecule has 0 spiro atoms. The third-order valence-corrected chi connectivity index (χ3v) is 3.85. The molecule has 0 bridgehead atoms. The van der Waals surface area contributed by atoms with Crippen LogP contribution in [0.2, 0.25) is 5.02 Å². The van der Waals surface area contributed by atoms with Crippen molar-refractivity contribution >= 4 is 34.3 Å². The normalized spacial score (nSPS) is 18.4. The fourth-order valence-corrected chi connectivity index (χ4v) is 2.76. The predicted octanol–water partition coefficient (Wildman–Crippen LogP) is 3.05. The topological polar surface area (TPSA) is 65.5 Å². The average molecular weight is 292 g/mol. The van der Waals surface area contributed by atoms with Crippen LogP contribution in [0.25, 0.3) is 10.9 Å². The highest BCUT2D eigenvalue weighted by atomic mass is 35.5. The number of fused-ring (bicyclic) bond motifs is 1. The highest BCUT2D eigenvalue weighted by Gasteiger charge is 2.26. The molecule has 104 valence electrons. The van der Waals surface area contributed by atoms with Gasteiger partial charge in [0.2, 0.25) is 0 Å². The maximum Gasteiger partial charge on any atom is 0.407 e. The van der Waals surface area contributed by atoms with Gasteiger partial charge in [-0.3, -0.25) is 4.98 Å². The number of hydrogen-bond donors (Lipinski definition) is 2. The molecule has 1 saturated heterocycles. The van der Waals surface area contributed by atoms with Crippen molar-refractivity contribution in [1.29, 1.82) is 0 Å². The number of likely N-dealkylation sites (tertiary alicyclic amines) is 1. The van der Waals surface area contributed by atoms with Gasteiger partial charge in [-0.1, -0.05) is 23.7 Å². The molecule has 1 aromatic heterocycles. The Hall–Kier alpha value is -2.01. The first-order valence-electron chi connectivity index (χ1n) is 6.43. The molecule has 0 aliphatic carbocycles. The van der Waals surface area contributed by atoms with E-state index in [4.69, 9.17) is 16.7 Å². The molecule has 5 nitrogen and oxygen atoms in total. The lowest BCUT2D eigenvalue weighted by molar-refractivity contribution is 0.155. The van der Waals surface area contributed by atoms with E-state index in [9.17, 15) is 4.79 Å². The molecule has 1 atom stereocenters. The SMILES string of the molecule is O=C(O)N1CCC(Nc2ccnc3c(Cl)cccc23)C1. The van der Waals surface area contributed by atoms with E-state index in [0.29, 0.717) is 18.1 Å². The molecular formula is C14H14ClN3O2. The molecule has 0 saturated carbocycles. The first-order valence-corrected chi connectivity index (χ1v) is 6.80. The Balaban J connectivity index is 1.85. The van der Waals surface area contributed by atoms with Crippen LogP contribution in [0.1, 0.15) is 6.42 Å². The number of halogens is 1. The summed E-state index contributed by atoms with van der Waals surface area (Å²) in [6.45, 7) is 1.07. The van der Waals surface area contributed by atoms with Crippen LogP contribution in [0.5, 0.6) is 0 Å². The van der Waals surface area contributed by atoms with Crippen LogP contribution in [0.3, 0.4) is 0 Å². The second-order valence-electron chi connectivity index (χ2n) is 4.85. The number of nitrogens with zero attached hydrogens (tertiary/aromatic N) is 2. The van der Waals surface area contributed by atoms with Gasteiger partial charge in [0, 0.05) is 36.4 Å². The lowest BCUT2D eigenvalue weighted by Crippen LogP contribution is -2.30. The van der Waals surface area contributed by atoms with Gasteiger partial charge in [-0.15, -0.1) is 0 Å². The second kappa shape index (κ2) is 5.17. The monoisotopic (exact) mass is 291 g/mol.